The van der Waals surface area contributed by atoms with E-state index in [0.717, 1.165) is 31.1 Å². The first kappa shape index (κ1) is 23.8. The molecule has 0 spiro atoms. The maximum atomic E-state index is 11.6. The zero-order valence-electron chi connectivity index (χ0n) is 20.7. The Bertz CT molecular complexity index is 690. The summed E-state index contributed by atoms with van der Waals surface area (Å²) in [6.45, 7) is 15.9. The monoisotopic (exact) mass is 432 g/mol. The van der Waals surface area contributed by atoms with Crippen LogP contribution in [0.25, 0.3) is 0 Å². The highest BCUT2D eigenvalue weighted by atomic mass is 16.3. The molecule has 0 saturated heterocycles. The SMILES string of the molecule is C=C(C)[C@@H](C)CC[C@@H](C)[C@H]1CC[C@H]2[C@@H]3CC(O)C4(O)CC(O)CC[C@]4(C)[C@H]3CC[C@]12C. The topological polar surface area (TPSA) is 60.7 Å². The van der Waals surface area contributed by atoms with Crippen molar-refractivity contribution in [1.29, 1.82) is 0 Å². The molecular formula is C28H48O3. The second-order valence-corrected chi connectivity index (χ2v) is 12.9. The minimum absolute atomic E-state index is 0.267. The van der Waals surface area contributed by atoms with Crippen molar-refractivity contribution in [3.05, 3.63) is 12.2 Å². The van der Waals surface area contributed by atoms with Crippen molar-refractivity contribution >= 4 is 0 Å². The van der Waals surface area contributed by atoms with E-state index in [0.29, 0.717) is 35.5 Å². The lowest BCUT2D eigenvalue weighted by Gasteiger charge is -2.65. The Hall–Kier alpha value is -0.380. The number of allylic oxidation sites excluding steroid dienone is 1. The predicted octanol–water partition coefficient (Wildman–Crippen LogP) is 5.72. The Morgan fingerprint density at radius 1 is 1.00 bits per heavy atom. The number of fused-ring (bicyclic) bond motifs is 5. The van der Waals surface area contributed by atoms with Crippen LogP contribution in [0.4, 0.5) is 0 Å². The van der Waals surface area contributed by atoms with Crippen LogP contribution >= 0.6 is 0 Å². The molecular weight excluding hydrogens is 384 g/mol. The highest BCUT2D eigenvalue weighted by molar-refractivity contribution is 5.17. The fourth-order valence-corrected chi connectivity index (χ4v) is 9.20. The van der Waals surface area contributed by atoms with Crippen LogP contribution in [-0.4, -0.2) is 33.1 Å². The van der Waals surface area contributed by atoms with E-state index >= 15 is 0 Å². The third-order valence-electron chi connectivity index (χ3n) is 11.5. The number of aliphatic hydroxyl groups is 3. The van der Waals surface area contributed by atoms with Crippen LogP contribution in [0.15, 0.2) is 12.2 Å². The Balaban J connectivity index is 1.53. The second kappa shape index (κ2) is 8.13. The molecule has 4 aliphatic carbocycles. The smallest absolute Gasteiger partial charge is 0.0985 e. The van der Waals surface area contributed by atoms with Gasteiger partial charge in [-0.3, -0.25) is 0 Å². The van der Waals surface area contributed by atoms with Crippen LogP contribution in [0.5, 0.6) is 0 Å². The van der Waals surface area contributed by atoms with Crippen molar-refractivity contribution in [2.75, 3.05) is 0 Å². The molecule has 11 atom stereocenters. The predicted molar refractivity (Wildman–Crippen MR) is 126 cm³/mol. The van der Waals surface area contributed by atoms with E-state index in [-0.39, 0.29) is 5.41 Å². The van der Waals surface area contributed by atoms with Crippen LogP contribution < -0.4 is 0 Å². The van der Waals surface area contributed by atoms with Gasteiger partial charge in [0.15, 0.2) is 0 Å². The van der Waals surface area contributed by atoms with Crippen LogP contribution in [0.3, 0.4) is 0 Å². The molecule has 4 aliphatic rings. The summed E-state index contributed by atoms with van der Waals surface area (Å²) in [4.78, 5) is 0. The lowest BCUT2D eigenvalue weighted by molar-refractivity contribution is -0.264. The fourth-order valence-electron chi connectivity index (χ4n) is 9.20. The van der Waals surface area contributed by atoms with Crippen LogP contribution in [0.1, 0.15) is 98.8 Å². The van der Waals surface area contributed by atoms with Crippen molar-refractivity contribution in [3.8, 4) is 0 Å². The van der Waals surface area contributed by atoms with Crippen molar-refractivity contribution < 1.29 is 15.3 Å². The molecule has 4 fully saturated rings. The molecule has 0 aromatic heterocycles. The van der Waals surface area contributed by atoms with E-state index in [1.807, 2.05) is 0 Å². The fraction of sp³-hybridized carbons (Fsp3) is 0.929. The summed E-state index contributed by atoms with van der Waals surface area (Å²) in [5.41, 5.74) is 0.282. The Morgan fingerprint density at radius 3 is 2.39 bits per heavy atom. The average molecular weight is 433 g/mol. The van der Waals surface area contributed by atoms with Crippen molar-refractivity contribution in [3.63, 3.8) is 0 Å². The lowest BCUT2D eigenvalue weighted by atomic mass is 9.42. The quantitative estimate of drug-likeness (QED) is 0.487. The summed E-state index contributed by atoms with van der Waals surface area (Å²) in [5.74, 6) is 3.77. The molecule has 3 heteroatoms. The zero-order chi connectivity index (χ0) is 22.8. The van der Waals surface area contributed by atoms with Gasteiger partial charge in [-0.05, 0) is 106 Å². The molecule has 0 heterocycles. The van der Waals surface area contributed by atoms with Gasteiger partial charge < -0.3 is 15.3 Å². The largest absolute Gasteiger partial charge is 0.393 e. The number of hydrogen-bond donors (Lipinski definition) is 3. The summed E-state index contributed by atoms with van der Waals surface area (Å²) >= 11 is 0. The van der Waals surface area contributed by atoms with E-state index in [2.05, 4.69) is 41.2 Å². The van der Waals surface area contributed by atoms with Crippen LogP contribution in [0.2, 0.25) is 0 Å². The van der Waals surface area contributed by atoms with Gasteiger partial charge in [0.1, 0.15) is 0 Å². The van der Waals surface area contributed by atoms with Gasteiger partial charge in [-0.25, -0.2) is 0 Å². The highest BCUT2D eigenvalue weighted by Gasteiger charge is 2.67. The molecule has 0 aromatic carbocycles. The van der Waals surface area contributed by atoms with Crippen LogP contribution in [0, 0.1) is 46.3 Å². The molecule has 0 bridgehead atoms. The van der Waals surface area contributed by atoms with E-state index in [1.54, 1.807) is 0 Å². The minimum atomic E-state index is -1.12. The summed E-state index contributed by atoms with van der Waals surface area (Å²) in [7, 11) is 0. The molecule has 0 amide bonds. The molecule has 31 heavy (non-hydrogen) atoms. The first-order valence-electron chi connectivity index (χ1n) is 13.2. The molecule has 0 aromatic rings. The maximum Gasteiger partial charge on any atom is 0.0985 e. The summed E-state index contributed by atoms with van der Waals surface area (Å²) < 4.78 is 0. The zero-order valence-corrected chi connectivity index (χ0v) is 20.7. The number of hydrogen-bond acceptors (Lipinski definition) is 3. The standard InChI is InChI=1S/C28H48O3/c1-17(2)18(3)7-8-19(4)22-9-10-23-21-15-25(30)28(31)16-20(29)11-14-27(28,6)24(21)12-13-26(22,23)5/h18-25,29-31H,1,7-16H2,2-6H3/t18-,19+,20?,21-,22+,23-,24-,25?,26+,27+,28?/m0/s1. The van der Waals surface area contributed by atoms with Gasteiger partial charge >= 0.3 is 0 Å². The summed E-state index contributed by atoms with van der Waals surface area (Å²) in [5, 5.41) is 33.1. The van der Waals surface area contributed by atoms with Gasteiger partial charge in [0.05, 0.1) is 17.8 Å². The molecule has 3 nitrogen and oxygen atoms in total. The van der Waals surface area contributed by atoms with Gasteiger partial charge in [-0.15, -0.1) is 0 Å². The van der Waals surface area contributed by atoms with Crippen molar-refractivity contribution in [2.45, 2.75) is 117 Å². The average Bonchev–Trinajstić information content (AvgIpc) is 3.05. The number of aliphatic hydroxyl groups excluding tert-OH is 2. The molecule has 4 rings (SSSR count). The molecule has 3 N–H and O–H groups in total. The molecule has 4 saturated carbocycles. The van der Waals surface area contributed by atoms with E-state index < -0.39 is 17.8 Å². The molecule has 178 valence electrons. The first-order chi connectivity index (χ1) is 14.4. The number of rotatable bonds is 5. The Morgan fingerprint density at radius 2 is 1.71 bits per heavy atom. The van der Waals surface area contributed by atoms with Crippen molar-refractivity contribution in [2.24, 2.45) is 46.3 Å². The van der Waals surface area contributed by atoms with E-state index in [9.17, 15) is 15.3 Å². The molecule has 0 aliphatic heterocycles. The van der Waals surface area contributed by atoms with Crippen molar-refractivity contribution in [1.82, 2.24) is 0 Å². The van der Waals surface area contributed by atoms with Crippen LogP contribution in [-0.2, 0) is 0 Å². The summed E-state index contributed by atoms with van der Waals surface area (Å²) in [6, 6.07) is 0. The van der Waals surface area contributed by atoms with Gasteiger partial charge in [0, 0.05) is 11.8 Å². The summed E-state index contributed by atoms with van der Waals surface area (Å²) in [6.07, 6.45) is 9.05. The van der Waals surface area contributed by atoms with Gasteiger partial charge in [-0.1, -0.05) is 39.8 Å². The van der Waals surface area contributed by atoms with E-state index in [4.69, 9.17) is 0 Å². The van der Waals surface area contributed by atoms with Gasteiger partial charge in [0.2, 0.25) is 0 Å². The minimum Gasteiger partial charge on any atom is -0.393 e. The molecule has 0 radical (unpaired) electrons. The van der Waals surface area contributed by atoms with Gasteiger partial charge in [-0.2, -0.15) is 0 Å². The Kier molecular flexibility index (Phi) is 6.24. The molecule has 3 unspecified atom stereocenters. The lowest BCUT2D eigenvalue weighted by Crippen LogP contribution is -2.68. The third kappa shape index (κ3) is 3.56. The normalized spacial score (nSPS) is 51.4. The maximum absolute atomic E-state index is 11.6. The third-order valence-corrected chi connectivity index (χ3v) is 11.5. The Labute approximate surface area is 190 Å². The second-order valence-electron chi connectivity index (χ2n) is 12.9. The highest BCUT2D eigenvalue weighted by Crippen LogP contribution is 2.69. The first-order valence-corrected chi connectivity index (χ1v) is 13.2. The van der Waals surface area contributed by atoms with Gasteiger partial charge in [0.25, 0.3) is 0 Å². The van der Waals surface area contributed by atoms with E-state index in [1.165, 1.54) is 44.1 Å².